The van der Waals surface area contributed by atoms with Crippen molar-refractivity contribution in [3.8, 4) is 0 Å². The van der Waals surface area contributed by atoms with E-state index in [0.29, 0.717) is 18.6 Å². The Hall–Kier alpha value is -0.610. The molecule has 0 heterocycles. The number of carbonyl (C=O) groups is 1. The van der Waals surface area contributed by atoms with E-state index in [4.69, 9.17) is 4.74 Å². The summed E-state index contributed by atoms with van der Waals surface area (Å²) in [7, 11) is 0. The lowest BCUT2D eigenvalue weighted by atomic mass is 9.61. The lowest BCUT2D eigenvalue weighted by molar-refractivity contribution is -0.128. The van der Waals surface area contributed by atoms with Crippen molar-refractivity contribution < 1.29 is 9.53 Å². The largest absolute Gasteiger partial charge is 0.378 e. The Balaban J connectivity index is 2.31. The van der Waals surface area contributed by atoms with Crippen LogP contribution in [0.4, 0.5) is 0 Å². The fraction of sp³-hybridized carbons (Fsp3) is 0.938. The van der Waals surface area contributed by atoms with Crippen LogP contribution in [0.15, 0.2) is 0 Å². The van der Waals surface area contributed by atoms with E-state index in [2.05, 4.69) is 24.5 Å². The number of hydrogen-bond acceptors (Lipinski definition) is 3. The van der Waals surface area contributed by atoms with Crippen molar-refractivity contribution in [3.05, 3.63) is 0 Å². The van der Waals surface area contributed by atoms with Gasteiger partial charge in [0, 0.05) is 36.6 Å². The van der Waals surface area contributed by atoms with Gasteiger partial charge in [-0.1, -0.05) is 13.8 Å². The zero-order chi connectivity index (χ0) is 15.4. The minimum Gasteiger partial charge on any atom is -0.378 e. The lowest BCUT2D eigenvalue weighted by Crippen LogP contribution is -2.62. The molecule has 3 unspecified atom stereocenters. The SMILES string of the molecule is CCOC1CC(NCCC(=O)NC(C)(C)C)C1(C)CC. The maximum absolute atomic E-state index is 11.8. The van der Waals surface area contributed by atoms with E-state index in [-0.39, 0.29) is 16.9 Å². The molecule has 1 fully saturated rings. The lowest BCUT2D eigenvalue weighted by Gasteiger charge is -2.53. The van der Waals surface area contributed by atoms with E-state index in [1.54, 1.807) is 0 Å². The van der Waals surface area contributed by atoms with Gasteiger partial charge in [-0.15, -0.1) is 0 Å². The van der Waals surface area contributed by atoms with Crippen molar-refractivity contribution >= 4 is 5.91 Å². The van der Waals surface area contributed by atoms with E-state index < -0.39 is 0 Å². The predicted molar refractivity (Wildman–Crippen MR) is 82.7 cm³/mol. The zero-order valence-corrected chi connectivity index (χ0v) is 14.0. The van der Waals surface area contributed by atoms with Gasteiger partial charge in [-0.3, -0.25) is 4.79 Å². The molecule has 4 heteroatoms. The fourth-order valence-electron chi connectivity index (χ4n) is 2.91. The Kier molecular flexibility index (Phi) is 6.02. The maximum Gasteiger partial charge on any atom is 0.221 e. The molecule has 0 saturated heterocycles. The van der Waals surface area contributed by atoms with Gasteiger partial charge >= 0.3 is 0 Å². The van der Waals surface area contributed by atoms with Crippen LogP contribution in [0.1, 0.15) is 60.8 Å². The zero-order valence-electron chi connectivity index (χ0n) is 14.0. The molecule has 0 radical (unpaired) electrons. The molecule has 1 saturated carbocycles. The van der Waals surface area contributed by atoms with Gasteiger partial charge < -0.3 is 15.4 Å². The van der Waals surface area contributed by atoms with Gasteiger partial charge in [0.05, 0.1) is 6.10 Å². The second kappa shape index (κ2) is 6.90. The van der Waals surface area contributed by atoms with Gasteiger partial charge in [-0.2, -0.15) is 0 Å². The second-order valence-electron chi connectivity index (χ2n) is 7.09. The van der Waals surface area contributed by atoms with Gasteiger partial charge in [-0.25, -0.2) is 0 Å². The highest BCUT2D eigenvalue weighted by Crippen LogP contribution is 2.45. The quantitative estimate of drug-likeness (QED) is 0.755. The minimum atomic E-state index is -0.147. The van der Waals surface area contributed by atoms with Crippen LogP contribution in [-0.2, 0) is 9.53 Å². The molecule has 0 aromatic heterocycles. The number of ether oxygens (including phenoxy) is 1. The van der Waals surface area contributed by atoms with Crippen LogP contribution in [0, 0.1) is 5.41 Å². The van der Waals surface area contributed by atoms with E-state index in [1.807, 2.05) is 27.7 Å². The van der Waals surface area contributed by atoms with Crippen LogP contribution >= 0.6 is 0 Å². The van der Waals surface area contributed by atoms with Crippen molar-refractivity contribution in [3.63, 3.8) is 0 Å². The molecular weight excluding hydrogens is 252 g/mol. The topological polar surface area (TPSA) is 50.4 Å². The summed E-state index contributed by atoms with van der Waals surface area (Å²) in [5, 5.41) is 6.51. The van der Waals surface area contributed by atoms with E-state index in [0.717, 1.165) is 26.0 Å². The highest BCUT2D eigenvalue weighted by molar-refractivity contribution is 5.76. The Morgan fingerprint density at radius 1 is 1.35 bits per heavy atom. The first kappa shape index (κ1) is 17.4. The molecule has 1 aliphatic carbocycles. The molecule has 0 spiro atoms. The van der Waals surface area contributed by atoms with Gasteiger partial charge in [0.1, 0.15) is 0 Å². The molecule has 20 heavy (non-hydrogen) atoms. The summed E-state index contributed by atoms with van der Waals surface area (Å²) in [5.74, 6) is 0.115. The fourth-order valence-corrected chi connectivity index (χ4v) is 2.91. The summed E-state index contributed by atoms with van der Waals surface area (Å²) in [6, 6.07) is 0.464. The predicted octanol–water partition coefficient (Wildman–Crippen LogP) is 2.47. The monoisotopic (exact) mass is 284 g/mol. The minimum absolute atomic E-state index is 0.115. The van der Waals surface area contributed by atoms with Crippen LogP contribution in [0.2, 0.25) is 0 Å². The average Bonchev–Trinajstić information content (AvgIpc) is 2.33. The molecule has 1 rings (SSSR count). The van der Waals surface area contributed by atoms with Crippen molar-refractivity contribution in [2.45, 2.75) is 78.5 Å². The normalized spacial score (nSPS) is 29.9. The average molecular weight is 284 g/mol. The second-order valence-corrected chi connectivity index (χ2v) is 7.09. The number of carbonyl (C=O) groups excluding carboxylic acids is 1. The molecule has 0 aliphatic heterocycles. The Bertz CT molecular complexity index is 325. The van der Waals surface area contributed by atoms with Crippen molar-refractivity contribution in [2.24, 2.45) is 5.41 Å². The molecule has 3 atom stereocenters. The highest BCUT2D eigenvalue weighted by atomic mass is 16.5. The summed E-state index contributed by atoms with van der Waals surface area (Å²) < 4.78 is 5.79. The van der Waals surface area contributed by atoms with Crippen molar-refractivity contribution in [1.82, 2.24) is 10.6 Å². The molecule has 0 aromatic carbocycles. The van der Waals surface area contributed by atoms with E-state index in [1.165, 1.54) is 0 Å². The van der Waals surface area contributed by atoms with Crippen LogP contribution in [0.5, 0.6) is 0 Å². The summed E-state index contributed by atoms with van der Waals surface area (Å²) in [5.41, 5.74) is 0.0576. The summed E-state index contributed by atoms with van der Waals surface area (Å²) >= 11 is 0. The van der Waals surface area contributed by atoms with Crippen molar-refractivity contribution in [1.29, 1.82) is 0 Å². The number of rotatable bonds is 7. The number of nitrogens with one attached hydrogen (secondary N) is 2. The standard InChI is InChI=1S/C16H32N2O2/c1-7-16(6)12(11-13(16)20-8-2)17-10-9-14(19)18-15(3,4)5/h12-13,17H,7-11H2,1-6H3,(H,18,19). The molecular formula is C16H32N2O2. The molecule has 2 N–H and O–H groups in total. The van der Waals surface area contributed by atoms with Crippen LogP contribution < -0.4 is 10.6 Å². The van der Waals surface area contributed by atoms with Gasteiger partial charge in [-0.05, 0) is 40.5 Å². The summed E-state index contributed by atoms with van der Waals surface area (Å²) in [6.07, 6.45) is 3.05. The van der Waals surface area contributed by atoms with Crippen LogP contribution in [0.25, 0.3) is 0 Å². The van der Waals surface area contributed by atoms with Crippen molar-refractivity contribution in [2.75, 3.05) is 13.2 Å². The van der Waals surface area contributed by atoms with E-state index >= 15 is 0 Å². The highest BCUT2D eigenvalue weighted by Gasteiger charge is 2.50. The van der Waals surface area contributed by atoms with Gasteiger partial charge in [0.15, 0.2) is 0 Å². The number of hydrogen-bond donors (Lipinski definition) is 2. The van der Waals surface area contributed by atoms with Crippen LogP contribution in [-0.4, -0.2) is 36.7 Å². The third kappa shape index (κ3) is 4.45. The first-order valence-electron chi connectivity index (χ1n) is 7.89. The molecule has 1 aliphatic rings. The molecule has 1 amide bonds. The number of amides is 1. The molecule has 4 nitrogen and oxygen atoms in total. The van der Waals surface area contributed by atoms with Gasteiger partial charge in [0.25, 0.3) is 0 Å². The van der Waals surface area contributed by atoms with E-state index in [9.17, 15) is 4.79 Å². The molecule has 0 bridgehead atoms. The maximum atomic E-state index is 11.8. The Morgan fingerprint density at radius 3 is 2.50 bits per heavy atom. The Labute approximate surface area is 124 Å². The smallest absolute Gasteiger partial charge is 0.221 e. The van der Waals surface area contributed by atoms with Gasteiger partial charge in [0.2, 0.25) is 5.91 Å². The first-order chi connectivity index (χ1) is 9.23. The first-order valence-corrected chi connectivity index (χ1v) is 7.89. The summed E-state index contributed by atoms with van der Waals surface area (Å²) in [6.45, 7) is 14.1. The third-order valence-electron chi connectivity index (χ3n) is 4.37. The Morgan fingerprint density at radius 2 is 2.00 bits per heavy atom. The molecule has 0 aromatic rings. The third-order valence-corrected chi connectivity index (χ3v) is 4.37. The molecule has 118 valence electrons. The van der Waals surface area contributed by atoms with Crippen LogP contribution in [0.3, 0.4) is 0 Å². The summed E-state index contributed by atoms with van der Waals surface area (Å²) in [4.78, 5) is 11.8.